The van der Waals surface area contributed by atoms with E-state index >= 15 is 0 Å². The Morgan fingerprint density at radius 1 is 1.03 bits per heavy atom. The molecule has 5 N–H and O–H groups in total. The third kappa shape index (κ3) is 6.72. The number of nitrogens with zero attached hydrogens (tertiary/aromatic N) is 2. The van der Waals surface area contributed by atoms with Crippen LogP contribution in [-0.4, -0.2) is 58.9 Å². The molecule has 1 aliphatic heterocycles. The monoisotopic (exact) mass is 542 g/mol. The second kappa shape index (κ2) is 10.5. The average Bonchev–Trinajstić information content (AvgIpc) is 3.00. The van der Waals surface area contributed by atoms with Crippen LogP contribution < -0.4 is 11.2 Å². The van der Waals surface area contributed by atoms with Gasteiger partial charge in [-0.05, 0) is 24.1 Å². The summed E-state index contributed by atoms with van der Waals surface area (Å²) in [6, 6.07) is 7.84. The molecule has 3 rings (SSSR count). The van der Waals surface area contributed by atoms with E-state index in [1.165, 1.54) is 0 Å². The van der Waals surface area contributed by atoms with Gasteiger partial charge in [0.2, 0.25) is 0 Å². The van der Waals surface area contributed by atoms with Gasteiger partial charge in [-0.2, -0.15) is 4.31 Å². The highest BCUT2D eigenvalue weighted by Gasteiger charge is 2.45. The Balaban J connectivity index is 1.75. The summed E-state index contributed by atoms with van der Waals surface area (Å²) < 4.78 is 37.5. The van der Waals surface area contributed by atoms with E-state index in [2.05, 4.69) is 8.83 Å². The van der Waals surface area contributed by atoms with E-state index in [-0.39, 0.29) is 6.54 Å². The predicted octanol–water partition coefficient (Wildman–Crippen LogP) is -0.248. The standard InChI is InChI=1S/C17H21ClN2O12P2/c18-11-3-1-10(2-4-11)5-7-19-13(21)6-8-20(17(19)24)16-15(23)14(22)12(31-16)9-30-34(28,29)32-33(25,26)27/h1-4,6,8,12,14-16,22-23H,5,7,9H2,(H,28,29)(H2,25,26,27)/t12-,14+,15+,16-/m1/s1. The van der Waals surface area contributed by atoms with Crippen molar-refractivity contribution in [3.63, 3.8) is 0 Å². The molecule has 1 aliphatic rings. The van der Waals surface area contributed by atoms with Crippen molar-refractivity contribution in [1.29, 1.82) is 0 Å². The largest absolute Gasteiger partial charge is 0.481 e. The van der Waals surface area contributed by atoms with Gasteiger partial charge in [-0.15, -0.1) is 0 Å². The lowest BCUT2D eigenvalue weighted by Crippen LogP contribution is -2.43. The highest BCUT2D eigenvalue weighted by atomic mass is 35.5. The van der Waals surface area contributed by atoms with Crippen LogP contribution in [-0.2, 0) is 35.7 Å². The van der Waals surface area contributed by atoms with E-state index in [4.69, 9.17) is 26.1 Å². The number of phosphoric acid groups is 2. The zero-order valence-electron chi connectivity index (χ0n) is 17.2. The van der Waals surface area contributed by atoms with E-state index < -0.39 is 58.0 Å². The summed E-state index contributed by atoms with van der Waals surface area (Å²) in [6.07, 6.45) is -5.05. The number of aliphatic hydroxyl groups excluding tert-OH is 2. The summed E-state index contributed by atoms with van der Waals surface area (Å²) in [6.45, 7) is -0.932. The van der Waals surface area contributed by atoms with Gasteiger partial charge in [0.15, 0.2) is 6.23 Å². The number of aryl methyl sites for hydroxylation is 1. The Hall–Kier alpha value is -1.67. The van der Waals surface area contributed by atoms with Crippen LogP contribution in [0.3, 0.4) is 0 Å². The van der Waals surface area contributed by atoms with Gasteiger partial charge in [0.05, 0.1) is 6.61 Å². The van der Waals surface area contributed by atoms with E-state index in [9.17, 15) is 33.8 Å². The first-order valence-corrected chi connectivity index (χ1v) is 13.0. The van der Waals surface area contributed by atoms with Crippen LogP contribution >= 0.6 is 27.2 Å². The molecule has 1 aromatic heterocycles. The molecule has 2 aromatic rings. The molecule has 17 heteroatoms. The number of aromatic nitrogens is 2. The van der Waals surface area contributed by atoms with Gasteiger partial charge < -0.3 is 29.6 Å². The summed E-state index contributed by atoms with van der Waals surface area (Å²) in [7, 11) is -10.6. The number of ether oxygens (including phenoxy) is 1. The topological polar surface area (TPSA) is 207 Å². The second-order valence-electron chi connectivity index (χ2n) is 7.25. The van der Waals surface area contributed by atoms with Crippen molar-refractivity contribution in [2.24, 2.45) is 0 Å². The first kappa shape index (κ1) is 26.9. The molecule has 0 radical (unpaired) electrons. The Morgan fingerprint density at radius 2 is 1.68 bits per heavy atom. The van der Waals surface area contributed by atoms with Gasteiger partial charge in [-0.3, -0.25) is 18.5 Å². The van der Waals surface area contributed by atoms with Crippen LogP contribution in [0.4, 0.5) is 0 Å². The molecule has 0 aliphatic carbocycles. The molecule has 1 aromatic carbocycles. The van der Waals surface area contributed by atoms with Crippen LogP contribution in [0.1, 0.15) is 11.8 Å². The SMILES string of the molecule is O=c1ccn([C@@H]2O[C@H](COP(=O)(O)OP(=O)(O)O)[C@H](O)[C@@H]2O)c(=O)n1CCc1ccc(Cl)cc1. The van der Waals surface area contributed by atoms with Crippen molar-refractivity contribution >= 4 is 27.2 Å². The van der Waals surface area contributed by atoms with Crippen molar-refractivity contribution in [2.45, 2.75) is 37.5 Å². The molecule has 1 fully saturated rings. The minimum atomic E-state index is -5.36. The number of hydrogen-bond donors (Lipinski definition) is 5. The normalized spacial score (nSPS) is 24.8. The number of aliphatic hydroxyl groups is 2. The Kier molecular flexibility index (Phi) is 8.33. The molecular formula is C17H21ClN2O12P2. The fourth-order valence-corrected chi connectivity index (χ4v) is 4.97. The van der Waals surface area contributed by atoms with E-state index in [1.807, 2.05) is 0 Å². The lowest BCUT2D eigenvalue weighted by atomic mass is 10.1. The van der Waals surface area contributed by atoms with Gasteiger partial charge in [-0.25, -0.2) is 13.9 Å². The summed E-state index contributed by atoms with van der Waals surface area (Å²) in [4.78, 5) is 51.7. The quantitative estimate of drug-likeness (QED) is 0.260. The summed E-state index contributed by atoms with van der Waals surface area (Å²) >= 11 is 5.84. The van der Waals surface area contributed by atoms with Crippen LogP contribution in [0.25, 0.3) is 0 Å². The number of rotatable bonds is 9. The van der Waals surface area contributed by atoms with Crippen molar-refractivity contribution in [3.05, 3.63) is 68.0 Å². The fourth-order valence-electron chi connectivity index (χ4n) is 3.25. The van der Waals surface area contributed by atoms with E-state index in [1.54, 1.807) is 24.3 Å². The maximum Gasteiger partial charge on any atom is 0.481 e. The average molecular weight is 543 g/mol. The highest BCUT2D eigenvalue weighted by molar-refractivity contribution is 7.60. The molecule has 0 spiro atoms. The minimum Gasteiger partial charge on any atom is -0.387 e. The minimum absolute atomic E-state index is 0.00848. The van der Waals surface area contributed by atoms with E-state index in [0.29, 0.717) is 11.4 Å². The lowest BCUT2D eigenvalue weighted by Gasteiger charge is -2.19. The molecule has 5 atom stereocenters. The molecule has 2 heterocycles. The first-order valence-electron chi connectivity index (χ1n) is 9.60. The summed E-state index contributed by atoms with van der Waals surface area (Å²) in [5.74, 6) is 0. The molecule has 1 unspecified atom stereocenters. The van der Waals surface area contributed by atoms with Gasteiger partial charge in [0.1, 0.15) is 18.3 Å². The smallest absolute Gasteiger partial charge is 0.387 e. The zero-order valence-corrected chi connectivity index (χ0v) is 19.7. The first-order chi connectivity index (χ1) is 15.8. The molecule has 0 amide bonds. The third-order valence-corrected chi connectivity index (χ3v) is 7.26. The van der Waals surface area contributed by atoms with Gasteiger partial charge >= 0.3 is 21.3 Å². The van der Waals surface area contributed by atoms with Crippen LogP contribution in [0.2, 0.25) is 5.02 Å². The fraction of sp³-hybridized carbons (Fsp3) is 0.412. The van der Waals surface area contributed by atoms with Crippen LogP contribution in [0.15, 0.2) is 46.1 Å². The van der Waals surface area contributed by atoms with Crippen LogP contribution in [0.5, 0.6) is 0 Å². The molecule has 0 saturated carbocycles. The van der Waals surface area contributed by atoms with Crippen molar-refractivity contribution < 1.29 is 47.6 Å². The Bertz CT molecular complexity index is 1230. The Labute approximate surface area is 196 Å². The number of hydrogen-bond acceptors (Lipinski definition) is 9. The summed E-state index contributed by atoms with van der Waals surface area (Å²) in [5.41, 5.74) is -0.655. The maximum atomic E-state index is 12.9. The van der Waals surface area contributed by atoms with Gasteiger partial charge in [0.25, 0.3) is 5.56 Å². The number of benzene rings is 1. The molecule has 1 saturated heterocycles. The van der Waals surface area contributed by atoms with E-state index in [0.717, 1.165) is 27.0 Å². The van der Waals surface area contributed by atoms with Crippen LogP contribution in [0, 0.1) is 0 Å². The van der Waals surface area contributed by atoms with Crippen molar-refractivity contribution in [2.75, 3.05) is 6.61 Å². The molecule has 0 bridgehead atoms. The number of halogens is 1. The van der Waals surface area contributed by atoms with Gasteiger partial charge in [-0.1, -0.05) is 23.7 Å². The second-order valence-corrected chi connectivity index (χ2v) is 10.5. The molecular weight excluding hydrogens is 522 g/mol. The van der Waals surface area contributed by atoms with Gasteiger partial charge in [0, 0.05) is 23.8 Å². The van der Waals surface area contributed by atoms with Crippen molar-refractivity contribution in [1.82, 2.24) is 9.13 Å². The predicted molar refractivity (Wildman–Crippen MR) is 115 cm³/mol. The molecule has 34 heavy (non-hydrogen) atoms. The highest BCUT2D eigenvalue weighted by Crippen LogP contribution is 2.57. The molecule has 188 valence electrons. The van der Waals surface area contributed by atoms with Crippen molar-refractivity contribution in [3.8, 4) is 0 Å². The third-order valence-electron chi connectivity index (χ3n) is 4.86. The Morgan fingerprint density at radius 3 is 2.29 bits per heavy atom. The lowest BCUT2D eigenvalue weighted by molar-refractivity contribution is -0.0548. The summed E-state index contributed by atoms with van der Waals surface area (Å²) in [5, 5.41) is 21.1. The maximum absolute atomic E-state index is 12.9. The number of phosphoric ester groups is 1. The molecule has 14 nitrogen and oxygen atoms in total. The zero-order chi connectivity index (χ0) is 25.3.